The van der Waals surface area contributed by atoms with Crippen LogP contribution in [0.3, 0.4) is 0 Å². The quantitative estimate of drug-likeness (QED) is 0.735. The Labute approximate surface area is 81.8 Å². The third kappa shape index (κ3) is 1.02. The molecule has 14 heavy (non-hydrogen) atoms. The van der Waals surface area contributed by atoms with E-state index in [1.165, 1.54) is 0 Å². The first-order chi connectivity index (χ1) is 6.65. The average Bonchev–Trinajstić information content (AvgIpc) is 2.57. The molecule has 0 unspecified atom stereocenters. The van der Waals surface area contributed by atoms with Crippen molar-refractivity contribution in [3.63, 3.8) is 0 Å². The first-order valence-electron chi connectivity index (χ1n) is 4.50. The van der Waals surface area contributed by atoms with Crippen molar-refractivity contribution in [2.24, 2.45) is 7.05 Å². The van der Waals surface area contributed by atoms with Crippen LogP contribution in [0, 0.1) is 0 Å². The number of nitrogen functional groups attached to an aromatic ring is 2. The number of fused-ring (bicyclic) bond motifs is 1. The smallest absolute Gasteiger partial charge is 0.142 e. The molecule has 5 nitrogen and oxygen atoms in total. The fourth-order valence-electron chi connectivity index (χ4n) is 1.57. The van der Waals surface area contributed by atoms with Gasteiger partial charge in [-0.05, 0) is 6.92 Å². The van der Waals surface area contributed by atoms with Gasteiger partial charge in [-0.2, -0.15) is 4.73 Å². The molecule has 0 aliphatic carbocycles. The Kier molecular flexibility index (Phi) is 1.80. The van der Waals surface area contributed by atoms with Gasteiger partial charge in [-0.3, -0.25) is 0 Å². The predicted octanol–water partition coefficient (Wildman–Crippen LogP) is 0.593. The molecule has 2 rings (SSSR count). The lowest BCUT2D eigenvalue weighted by Crippen LogP contribution is -2.12. The molecule has 0 saturated carbocycles. The molecule has 0 aromatic carbocycles. The summed E-state index contributed by atoms with van der Waals surface area (Å²) in [5.41, 5.74) is 13.4. The summed E-state index contributed by atoms with van der Waals surface area (Å²) in [5, 5.41) is 0. The van der Waals surface area contributed by atoms with Gasteiger partial charge < -0.3 is 20.9 Å². The molecule has 0 atom stereocenters. The number of anilines is 2. The van der Waals surface area contributed by atoms with Crippen molar-refractivity contribution in [2.45, 2.75) is 6.92 Å². The van der Waals surface area contributed by atoms with Gasteiger partial charge in [-0.15, -0.1) is 0 Å². The summed E-state index contributed by atoms with van der Waals surface area (Å²) in [6.45, 7) is 2.49. The van der Waals surface area contributed by atoms with Crippen LogP contribution < -0.4 is 16.3 Å². The van der Waals surface area contributed by atoms with Gasteiger partial charge in [0.05, 0.1) is 5.52 Å². The van der Waals surface area contributed by atoms with E-state index in [0.29, 0.717) is 18.2 Å². The fourth-order valence-corrected chi connectivity index (χ4v) is 1.57. The van der Waals surface area contributed by atoms with Crippen LogP contribution in [0.4, 0.5) is 11.6 Å². The van der Waals surface area contributed by atoms with Crippen LogP contribution in [0.5, 0.6) is 0 Å². The minimum atomic E-state index is 0.572. The zero-order chi connectivity index (χ0) is 10.3. The minimum absolute atomic E-state index is 0.572. The van der Waals surface area contributed by atoms with Crippen molar-refractivity contribution in [2.75, 3.05) is 18.1 Å². The number of aryl methyl sites for hydroxylation is 1. The maximum Gasteiger partial charge on any atom is 0.142 e. The standard InChI is InChI=1S/C9H14N4O/c1-3-14-13-7-5-8(10)12(2)6(7)4-9(13)11/h4-5H,3,10-11H2,1-2H3. The van der Waals surface area contributed by atoms with Gasteiger partial charge in [-0.25, -0.2) is 0 Å². The summed E-state index contributed by atoms with van der Waals surface area (Å²) < 4.78 is 3.48. The lowest BCUT2D eigenvalue weighted by molar-refractivity contribution is 0.137. The third-order valence-electron chi connectivity index (χ3n) is 2.29. The van der Waals surface area contributed by atoms with Gasteiger partial charge in [0.15, 0.2) is 0 Å². The van der Waals surface area contributed by atoms with E-state index in [0.717, 1.165) is 11.0 Å². The van der Waals surface area contributed by atoms with E-state index in [1.54, 1.807) is 4.73 Å². The monoisotopic (exact) mass is 194 g/mol. The van der Waals surface area contributed by atoms with Crippen molar-refractivity contribution < 1.29 is 4.84 Å². The second-order valence-corrected chi connectivity index (χ2v) is 3.18. The van der Waals surface area contributed by atoms with Crippen LogP contribution in [0.2, 0.25) is 0 Å². The van der Waals surface area contributed by atoms with E-state index in [4.69, 9.17) is 16.3 Å². The summed E-state index contributed by atoms with van der Waals surface area (Å²) in [5.74, 6) is 1.29. The number of nitrogens with zero attached hydrogens (tertiary/aromatic N) is 2. The van der Waals surface area contributed by atoms with Gasteiger partial charge in [0, 0.05) is 19.2 Å². The molecule has 2 aromatic rings. The highest BCUT2D eigenvalue weighted by Crippen LogP contribution is 2.24. The molecule has 0 saturated heterocycles. The Morgan fingerprint density at radius 2 is 1.86 bits per heavy atom. The number of hydrogen-bond acceptors (Lipinski definition) is 3. The van der Waals surface area contributed by atoms with Crippen molar-refractivity contribution in [1.29, 1.82) is 0 Å². The van der Waals surface area contributed by atoms with E-state index in [2.05, 4.69) is 0 Å². The molecule has 4 N–H and O–H groups in total. The Morgan fingerprint density at radius 3 is 2.50 bits per heavy atom. The van der Waals surface area contributed by atoms with E-state index >= 15 is 0 Å². The highest BCUT2D eigenvalue weighted by molar-refractivity contribution is 5.85. The molecular weight excluding hydrogens is 180 g/mol. The number of hydrogen-bond donors (Lipinski definition) is 2. The highest BCUT2D eigenvalue weighted by Gasteiger charge is 2.11. The summed E-state index contributed by atoms with van der Waals surface area (Å²) in [4.78, 5) is 5.38. The van der Waals surface area contributed by atoms with E-state index in [9.17, 15) is 0 Å². The molecule has 0 amide bonds. The van der Waals surface area contributed by atoms with E-state index in [1.807, 2.05) is 30.7 Å². The third-order valence-corrected chi connectivity index (χ3v) is 2.29. The lowest BCUT2D eigenvalue weighted by atomic mass is 10.5. The normalized spacial score (nSPS) is 11.0. The molecule has 0 radical (unpaired) electrons. The zero-order valence-corrected chi connectivity index (χ0v) is 8.32. The highest BCUT2D eigenvalue weighted by atomic mass is 16.7. The van der Waals surface area contributed by atoms with Gasteiger partial charge in [0.2, 0.25) is 0 Å². The summed E-state index contributed by atoms with van der Waals surface area (Å²) in [6.07, 6.45) is 0. The molecular formula is C9H14N4O. The van der Waals surface area contributed by atoms with Gasteiger partial charge in [0.1, 0.15) is 23.8 Å². The molecule has 2 heterocycles. The van der Waals surface area contributed by atoms with Crippen molar-refractivity contribution in [3.05, 3.63) is 12.1 Å². The maximum atomic E-state index is 5.79. The molecule has 76 valence electrons. The topological polar surface area (TPSA) is 71.1 Å². The first kappa shape index (κ1) is 8.80. The van der Waals surface area contributed by atoms with Gasteiger partial charge in [-0.1, -0.05) is 0 Å². The predicted molar refractivity (Wildman–Crippen MR) is 56.9 cm³/mol. The van der Waals surface area contributed by atoms with Crippen LogP contribution >= 0.6 is 0 Å². The molecule has 0 aliphatic heterocycles. The molecule has 0 fully saturated rings. The van der Waals surface area contributed by atoms with E-state index < -0.39 is 0 Å². The Bertz CT molecular complexity index is 469. The molecule has 2 aromatic heterocycles. The fraction of sp³-hybridized carbons (Fsp3) is 0.333. The summed E-state index contributed by atoms with van der Waals surface area (Å²) in [6, 6.07) is 3.70. The zero-order valence-electron chi connectivity index (χ0n) is 8.32. The molecule has 5 heteroatoms. The van der Waals surface area contributed by atoms with Crippen LogP contribution in [-0.4, -0.2) is 15.9 Å². The summed E-state index contributed by atoms with van der Waals surface area (Å²) >= 11 is 0. The van der Waals surface area contributed by atoms with Crippen LogP contribution in [0.25, 0.3) is 11.0 Å². The number of nitrogens with two attached hydrogens (primary N) is 2. The second-order valence-electron chi connectivity index (χ2n) is 3.18. The average molecular weight is 194 g/mol. The minimum Gasteiger partial charge on any atom is -0.412 e. The van der Waals surface area contributed by atoms with Crippen molar-refractivity contribution >= 4 is 22.7 Å². The maximum absolute atomic E-state index is 5.79. The van der Waals surface area contributed by atoms with Crippen molar-refractivity contribution in [3.8, 4) is 0 Å². The Hall–Kier alpha value is -1.78. The molecule has 0 spiro atoms. The van der Waals surface area contributed by atoms with Crippen molar-refractivity contribution in [1.82, 2.24) is 9.30 Å². The molecule has 0 aliphatic rings. The molecule has 0 bridgehead atoms. The number of rotatable bonds is 2. The second kappa shape index (κ2) is 2.87. The SMILES string of the molecule is CCOn1c(N)cc2c1cc(N)n2C. The van der Waals surface area contributed by atoms with Crippen LogP contribution in [0.15, 0.2) is 12.1 Å². The Morgan fingerprint density at radius 1 is 1.21 bits per heavy atom. The van der Waals surface area contributed by atoms with Gasteiger partial charge in [0.25, 0.3) is 0 Å². The Balaban J connectivity index is 2.69. The number of aromatic nitrogens is 2. The van der Waals surface area contributed by atoms with Gasteiger partial charge >= 0.3 is 0 Å². The van der Waals surface area contributed by atoms with Crippen LogP contribution in [0.1, 0.15) is 6.92 Å². The largest absolute Gasteiger partial charge is 0.412 e. The lowest BCUT2D eigenvalue weighted by Gasteiger charge is -2.05. The van der Waals surface area contributed by atoms with Crippen LogP contribution in [-0.2, 0) is 7.05 Å². The summed E-state index contributed by atoms with van der Waals surface area (Å²) in [7, 11) is 1.90. The van der Waals surface area contributed by atoms with E-state index in [-0.39, 0.29) is 0 Å². The first-order valence-corrected chi connectivity index (χ1v) is 4.50.